The third kappa shape index (κ3) is 5.16. The molecule has 1 aliphatic rings. The second-order valence-electron chi connectivity index (χ2n) is 7.74. The van der Waals surface area contributed by atoms with Crippen molar-refractivity contribution in [3.63, 3.8) is 0 Å². The highest BCUT2D eigenvalue weighted by Crippen LogP contribution is 2.31. The van der Waals surface area contributed by atoms with E-state index in [0.29, 0.717) is 31.9 Å². The van der Waals surface area contributed by atoms with E-state index in [-0.39, 0.29) is 12.2 Å². The first-order valence-corrected chi connectivity index (χ1v) is 13.0. The lowest BCUT2D eigenvalue weighted by Gasteiger charge is -2.24. The molecule has 0 spiro atoms. The summed E-state index contributed by atoms with van der Waals surface area (Å²) in [5.74, 6) is -0.515. The average molecular weight is 509 g/mol. The van der Waals surface area contributed by atoms with Gasteiger partial charge in [0, 0.05) is 11.8 Å². The molecule has 35 heavy (non-hydrogen) atoms. The Labute approximate surface area is 210 Å². The summed E-state index contributed by atoms with van der Waals surface area (Å²) in [6, 6.07) is 14.1. The molecular weight excluding hydrogens is 484 g/mol. The molecule has 0 saturated carbocycles. The molecule has 0 radical (unpaired) electrons. The molecule has 0 aliphatic carbocycles. The van der Waals surface area contributed by atoms with Crippen molar-refractivity contribution in [1.29, 1.82) is 0 Å². The zero-order chi connectivity index (χ0) is 25.1. The Bertz CT molecular complexity index is 1500. The number of esters is 2. The van der Waals surface area contributed by atoms with E-state index in [1.165, 1.54) is 18.3 Å². The number of nitrogens with zero attached hydrogens (tertiary/aromatic N) is 2. The zero-order valence-electron chi connectivity index (χ0n) is 19.7. The monoisotopic (exact) mass is 508 g/mol. The van der Waals surface area contributed by atoms with Crippen molar-refractivity contribution in [2.75, 3.05) is 12.9 Å². The third-order valence-electron chi connectivity index (χ3n) is 5.37. The molecular formula is C26H24N2O5S2. The quantitative estimate of drug-likeness (QED) is 0.288. The molecule has 0 fully saturated rings. The van der Waals surface area contributed by atoms with Crippen LogP contribution in [-0.4, -0.2) is 29.4 Å². The minimum atomic E-state index is -0.657. The van der Waals surface area contributed by atoms with Gasteiger partial charge in [0.05, 0.1) is 28.5 Å². The molecule has 0 bridgehead atoms. The number of fused-ring (bicyclic) bond motifs is 1. The smallest absolute Gasteiger partial charge is 0.338 e. The molecule has 1 atom stereocenters. The Hall–Kier alpha value is -3.43. The molecule has 1 aromatic heterocycles. The number of carbonyl (C=O) groups excluding carboxylic acids is 2. The van der Waals surface area contributed by atoms with Crippen LogP contribution in [0.4, 0.5) is 0 Å². The average Bonchev–Trinajstić information content (AvgIpc) is 3.12. The van der Waals surface area contributed by atoms with E-state index in [1.54, 1.807) is 54.5 Å². The van der Waals surface area contributed by atoms with E-state index < -0.39 is 18.0 Å². The summed E-state index contributed by atoms with van der Waals surface area (Å²) < 4.78 is 12.5. The topological polar surface area (TPSA) is 87.0 Å². The molecule has 7 nitrogen and oxygen atoms in total. The predicted molar refractivity (Wildman–Crippen MR) is 136 cm³/mol. The summed E-state index contributed by atoms with van der Waals surface area (Å²) in [4.78, 5) is 44.1. The van der Waals surface area contributed by atoms with Gasteiger partial charge < -0.3 is 9.47 Å². The fraction of sp³-hybridized carbons (Fsp3) is 0.231. The molecule has 4 rings (SSSR count). The van der Waals surface area contributed by atoms with Crippen LogP contribution >= 0.6 is 23.1 Å². The van der Waals surface area contributed by atoms with Crippen LogP contribution in [0.1, 0.15) is 37.9 Å². The van der Waals surface area contributed by atoms with Crippen molar-refractivity contribution in [3.8, 4) is 5.75 Å². The van der Waals surface area contributed by atoms with E-state index in [9.17, 15) is 14.4 Å². The minimum absolute atomic E-state index is 0.219. The van der Waals surface area contributed by atoms with E-state index in [2.05, 4.69) is 4.99 Å². The van der Waals surface area contributed by atoms with E-state index in [0.717, 1.165) is 10.5 Å². The van der Waals surface area contributed by atoms with E-state index in [1.807, 2.05) is 36.6 Å². The standard InChI is InChI=1S/C26H24N2O5S2/c1-5-32-25(31)22-15(2)27-26-28(23(22)18-9-11-20(34-4)12-10-18)24(30)21(35-26)14-17-7-6-8-19(13-17)33-16(3)29/h6-14,23H,5H2,1-4H3/b21-14-. The van der Waals surface area contributed by atoms with E-state index in [4.69, 9.17) is 9.47 Å². The molecule has 9 heteroatoms. The summed E-state index contributed by atoms with van der Waals surface area (Å²) in [6.07, 6.45) is 3.72. The number of hydrogen-bond acceptors (Lipinski definition) is 8. The molecule has 180 valence electrons. The highest BCUT2D eigenvalue weighted by atomic mass is 32.2. The SMILES string of the molecule is CCOC(=O)C1=C(C)N=c2s/c(=C\c3cccc(OC(C)=O)c3)c(=O)n2C1c1ccc(SC)cc1. The summed E-state index contributed by atoms with van der Waals surface area (Å²) in [7, 11) is 0. The lowest BCUT2D eigenvalue weighted by atomic mass is 9.96. The maximum Gasteiger partial charge on any atom is 0.338 e. The van der Waals surface area contributed by atoms with Gasteiger partial charge in [0.2, 0.25) is 0 Å². The normalized spacial score (nSPS) is 15.4. The second-order valence-corrected chi connectivity index (χ2v) is 9.63. The van der Waals surface area contributed by atoms with Crippen molar-refractivity contribution < 1.29 is 19.1 Å². The Morgan fingerprint density at radius 3 is 2.60 bits per heavy atom. The lowest BCUT2D eigenvalue weighted by molar-refractivity contribution is -0.139. The highest BCUT2D eigenvalue weighted by molar-refractivity contribution is 7.98. The molecule has 3 aromatic rings. The molecule has 0 saturated heterocycles. The number of allylic oxidation sites excluding steroid dienone is 1. The largest absolute Gasteiger partial charge is 0.463 e. The number of thiazole rings is 1. The maximum absolute atomic E-state index is 13.6. The second kappa shape index (κ2) is 10.5. The van der Waals surface area contributed by atoms with Gasteiger partial charge >= 0.3 is 11.9 Å². The van der Waals surface area contributed by atoms with Crippen molar-refractivity contribution >= 4 is 41.1 Å². The summed E-state index contributed by atoms with van der Waals surface area (Å²) in [6.45, 7) is 5.06. The number of ether oxygens (including phenoxy) is 2. The molecule has 2 aromatic carbocycles. The van der Waals surface area contributed by atoms with Crippen molar-refractivity contribution in [2.24, 2.45) is 4.99 Å². The van der Waals surface area contributed by atoms with Gasteiger partial charge in [-0.1, -0.05) is 35.6 Å². The van der Waals surface area contributed by atoms with Crippen LogP contribution in [0.15, 0.2) is 74.5 Å². The van der Waals surface area contributed by atoms with Gasteiger partial charge in [-0.3, -0.25) is 14.2 Å². The van der Waals surface area contributed by atoms with Crippen LogP contribution < -0.4 is 19.6 Å². The van der Waals surface area contributed by atoms with Gasteiger partial charge in [-0.15, -0.1) is 11.8 Å². The number of thioether (sulfide) groups is 1. The minimum Gasteiger partial charge on any atom is -0.463 e. The zero-order valence-corrected chi connectivity index (χ0v) is 21.4. The van der Waals surface area contributed by atoms with E-state index >= 15 is 0 Å². The Morgan fingerprint density at radius 1 is 1.20 bits per heavy atom. The number of hydrogen-bond donors (Lipinski definition) is 0. The van der Waals surface area contributed by atoms with Gasteiger partial charge in [0.15, 0.2) is 4.80 Å². The maximum atomic E-state index is 13.6. The van der Waals surface area contributed by atoms with Crippen molar-refractivity contribution in [3.05, 3.63) is 90.6 Å². The lowest BCUT2D eigenvalue weighted by Crippen LogP contribution is -2.39. The predicted octanol–water partition coefficient (Wildman–Crippen LogP) is 3.45. The van der Waals surface area contributed by atoms with Gasteiger partial charge in [-0.2, -0.15) is 0 Å². The third-order valence-corrected chi connectivity index (χ3v) is 7.09. The number of carbonyl (C=O) groups is 2. The first-order chi connectivity index (χ1) is 16.8. The molecule has 0 N–H and O–H groups in total. The highest BCUT2D eigenvalue weighted by Gasteiger charge is 2.33. The van der Waals surface area contributed by atoms with Crippen LogP contribution in [0, 0.1) is 0 Å². The first kappa shape index (κ1) is 24.7. The molecule has 2 heterocycles. The Morgan fingerprint density at radius 2 is 1.94 bits per heavy atom. The van der Waals surface area contributed by atoms with Gasteiger partial charge in [0.1, 0.15) is 5.75 Å². The molecule has 0 amide bonds. The number of rotatable bonds is 6. The van der Waals surface area contributed by atoms with Gasteiger partial charge in [-0.05, 0) is 61.6 Å². The summed E-state index contributed by atoms with van der Waals surface area (Å²) in [5.41, 5.74) is 2.10. The molecule has 1 unspecified atom stereocenters. The number of aromatic nitrogens is 1. The number of benzene rings is 2. The van der Waals surface area contributed by atoms with Crippen LogP contribution in [0.3, 0.4) is 0 Å². The Balaban J connectivity index is 1.89. The molecule has 1 aliphatic heterocycles. The summed E-state index contributed by atoms with van der Waals surface area (Å²) in [5, 5.41) is 0. The van der Waals surface area contributed by atoms with Crippen LogP contribution in [0.2, 0.25) is 0 Å². The summed E-state index contributed by atoms with van der Waals surface area (Å²) >= 11 is 2.86. The van der Waals surface area contributed by atoms with Crippen molar-refractivity contribution in [1.82, 2.24) is 4.57 Å². The fourth-order valence-electron chi connectivity index (χ4n) is 3.88. The van der Waals surface area contributed by atoms with Gasteiger partial charge in [-0.25, -0.2) is 9.79 Å². The van der Waals surface area contributed by atoms with Gasteiger partial charge in [0.25, 0.3) is 5.56 Å². The van der Waals surface area contributed by atoms with Crippen LogP contribution in [-0.2, 0) is 14.3 Å². The fourth-order valence-corrected chi connectivity index (χ4v) is 5.33. The Kier molecular flexibility index (Phi) is 7.37. The van der Waals surface area contributed by atoms with Crippen LogP contribution in [0.25, 0.3) is 6.08 Å². The first-order valence-electron chi connectivity index (χ1n) is 10.9. The van der Waals surface area contributed by atoms with Crippen LogP contribution in [0.5, 0.6) is 5.75 Å². The van der Waals surface area contributed by atoms with Crippen molar-refractivity contribution in [2.45, 2.75) is 31.7 Å².